The molecule has 3 aromatic rings. The first-order chi connectivity index (χ1) is 23.3. The van der Waals surface area contributed by atoms with Gasteiger partial charge in [0.1, 0.15) is 10.6 Å². The van der Waals surface area contributed by atoms with Crippen molar-refractivity contribution in [3.63, 3.8) is 0 Å². The molecule has 1 radical (unpaired) electrons. The summed E-state index contributed by atoms with van der Waals surface area (Å²) in [5.41, 5.74) is 1.41. The third-order valence-electron chi connectivity index (χ3n) is 10.0. The summed E-state index contributed by atoms with van der Waals surface area (Å²) in [4.78, 5) is 22.6. The van der Waals surface area contributed by atoms with Gasteiger partial charge in [-0.2, -0.15) is 0 Å². The highest BCUT2D eigenvalue weighted by atomic mass is 32.2. The summed E-state index contributed by atoms with van der Waals surface area (Å²) in [6, 6.07) is 13.0. The minimum Gasteiger partial charge on any atom is -0.494 e. The van der Waals surface area contributed by atoms with Gasteiger partial charge in [-0.15, -0.1) is 0 Å². The van der Waals surface area contributed by atoms with Crippen LogP contribution >= 0.6 is 0 Å². The van der Waals surface area contributed by atoms with Crippen molar-refractivity contribution in [1.82, 2.24) is 14.8 Å². The van der Waals surface area contributed by atoms with Crippen molar-refractivity contribution in [3.8, 4) is 5.75 Å². The van der Waals surface area contributed by atoms with Gasteiger partial charge in [0.05, 0.1) is 29.3 Å². The molecule has 2 aliphatic rings. The number of nitrogens with zero attached hydrogens (tertiary/aromatic N) is 4. The molecule has 263 valence electrons. The molecule has 2 aliphatic heterocycles. The van der Waals surface area contributed by atoms with Crippen LogP contribution in [0.1, 0.15) is 71.1 Å². The first kappa shape index (κ1) is 36.7. The number of aromatic nitrogens is 1. The van der Waals surface area contributed by atoms with Crippen LogP contribution in [0.5, 0.6) is 5.75 Å². The number of rotatable bonds is 17. The molecule has 0 atom stereocenters. The number of sulfone groups is 1. The number of β-amino-alcohol motifs (C(OH)–C–C–N with tert-alkyl or cyclic N) is 1. The number of aliphatic hydroxyl groups is 1. The summed E-state index contributed by atoms with van der Waals surface area (Å²) in [5, 5.41) is 10.9. The van der Waals surface area contributed by atoms with Gasteiger partial charge in [-0.25, -0.2) is 8.42 Å². The maximum Gasteiger partial charge on any atom is 0.239 e. The molecule has 11 heteroatoms. The van der Waals surface area contributed by atoms with Gasteiger partial charge in [0.25, 0.3) is 0 Å². The Morgan fingerprint density at radius 2 is 1.56 bits per heavy atom. The van der Waals surface area contributed by atoms with Crippen LogP contribution in [0.25, 0.3) is 10.9 Å². The molecule has 2 aromatic carbocycles. The second-order valence-electron chi connectivity index (χ2n) is 13.4. The number of unbranched alkanes of at least 4 members (excludes halogenated alkanes) is 7. The molecule has 2 fully saturated rings. The molecule has 0 spiro atoms. The van der Waals surface area contributed by atoms with Crippen LogP contribution in [-0.2, 0) is 9.84 Å². The maximum atomic E-state index is 14.3. The van der Waals surface area contributed by atoms with E-state index in [1.54, 1.807) is 24.3 Å². The fraction of sp³-hybridized carbons (Fsp3) is 0.595. The number of benzene rings is 2. The lowest BCUT2D eigenvalue weighted by atomic mass is 10.0. The van der Waals surface area contributed by atoms with Gasteiger partial charge < -0.3 is 19.5 Å². The Labute approximate surface area is 289 Å². The molecule has 48 heavy (non-hydrogen) atoms. The number of aliphatic hydroxyl groups excluding tert-OH is 1. The lowest BCUT2D eigenvalue weighted by Crippen LogP contribution is -2.53. The highest BCUT2D eigenvalue weighted by Crippen LogP contribution is 2.37. The number of hydrogen-bond donors (Lipinski definition) is 2. The summed E-state index contributed by atoms with van der Waals surface area (Å²) in [6.07, 6.45) is 13.3. The predicted molar refractivity (Wildman–Crippen MR) is 196 cm³/mol. The van der Waals surface area contributed by atoms with Crippen LogP contribution in [0.4, 0.5) is 5.69 Å². The molecule has 0 saturated carbocycles. The van der Waals surface area contributed by atoms with E-state index in [9.17, 15) is 18.3 Å². The summed E-state index contributed by atoms with van der Waals surface area (Å²) in [6.45, 7) is 11.0. The van der Waals surface area contributed by atoms with E-state index in [0.717, 1.165) is 87.6 Å². The van der Waals surface area contributed by atoms with E-state index < -0.39 is 18.9 Å². The molecule has 2 N–H and O–H groups in total. The van der Waals surface area contributed by atoms with Crippen molar-refractivity contribution in [2.75, 3.05) is 63.9 Å². The molecule has 0 unspecified atom stereocenters. The monoisotopic (exact) mass is 695 g/mol. The van der Waals surface area contributed by atoms with Gasteiger partial charge in [-0.1, -0.05) is 57.9 Å². The Balaban J connectivity index is 1.30. The Kier molecular flexibility index (Phi) is 13.7. The zero-order chi connectivity index (χ0) is 33.9. The molecule has 3 heterocycles. The summed E-state index contributed by atoms with van der Waals surface area (Å²) >= 11 is 0. The number of hydrogen-bond acceptors (Lipinski definition) is 9. The number of pyridine rings is 1. The molecule has 0 bridgehead atoms. The highest BCUT2D eigenvalue weighted by Gasteiger charge is 2.32. The fourth-order valence-corrected chi connectivity index (χ4v) is 9.24. The quantitative estimate of drug-likeness (QED) is 0.149. The summed E-state index contributed by atoms with van der Waals surface area (Å²) < 4.78 is 34.6. The summed E-state index contributed by atoms with van der Waals surface area (Å²) in [7, 11) is -5.64. The third kappa shape index (κ3) is 9.37. The van der Waals surface area contributed by atoms with Crippen molar-refractivity contribution >= 4 is 40.7 Å². The van der Waals surface area contributed by atoms with E-state index in [4.69, 9.17) is 4.74 Å². The Morgan fingerprint density at radius 1 is 0.896 bits per heavy atom. The number of anilines is 1. The van der Waals surface area contributed by atoms with Crippen LogP contribution < -0.4 is 14.8 Å². The first-order valence-electron chi connectivity index (χ1n) is 18.1. The molecule has 0 aliphatic carbocycles. The average Bonchev–Trinajstić information content (AvgIpc) is 3.11. The lowest BCUT2D eigenvalue weighted by molar-refractivity contribution is 0.0747. The molecule has 2 saturated heterocycles. The third-order valence-corrected chi connectivity index (χ3v) is 13.0. The van der Waals surface area contributed by atoms with Gasteiger partial charge in [-0.05, 0) is 67.4 Å². The second-order valence-corrected chi connectivity index (χ2v) is 17.1. The lowest BCUT2D eigenvalue weighted by Gasteiger charge is -2.43. The second kappa shape index (κ2) is 17.9. The van der Waals surface area contributed by atoms with Crippen LogP contribution in [0, 0.1) is 0 Å². The Bertz CT molecular complexity index is 1540. The number of fused-ring (bicyclic) bond motifs is 1. The minimum absolute atomic E-state index is 0.194. The van der Waals surface area contributed by atoms with E-state index in [1.165, 1.54) is 44.7 Å². The number of piperidine rings is 1. The van der Waals surface area contributed by atoms with Gasteiger partial charge in [-0.3, -0.25) is 14.8 Å². The summed E-state index contributed by atoms with van der Waals surface area (Å²) in [5.74, 6) is 0.679. The maximum absolute atomic E-state index is 14.3. The van der Waals surface area contributed by atoms with Gasteiger partial charge >= 0.3 is 0 Å². The first-order valence-corrected chi connectivity index (χ1v) is 21.5. The van der Waals surface area contributed by atoms with Gasteiger partial charge in [0, 0.05) is 63.4 Å². The van der Waals surface area contributed by atoms with Crippen molar-refractivity contribution in [3.05, 3.63) is 48.7 Å². The predicted octanol–water partition coefficient (Wildman–Crippen LogP) is 4.99. The molecular weight excluding hydrogens is 641 g/mol. The smallest absolute Gasteiger partial charge is 0.239 e. The van der Waals surface area contributed by atoms with Crippen LogP contribution in [0.15, 0.2) is 58.5 Å². The van der Waals surface area contributed by atoms with Crippen LogP contribution in [-0.4, -0.2) is 107 Å². The molecule has 0 amide bonds. The number of ether oxygens (including phenoxy) is 1. The number of piperazine rings is 1. The topological polar surface area (TPSA) is 106 Å². The van der Waals surface area contributed by atoms with Crippen molar-refractivity contribution in [1.29, 1.82) is 0 Å². The molecule has 1 aromatic heterocycles. The van der Waals surface area contributed by atoms with E-state index in [0.29, 0.717) is 24.1 Å². The molecule has 9 nitrogen and oxygen atoms in total. The largest absolute Gasteiger partial charge is 0.494 e. The van der Waals surface area contributed by atoms with Crippen LogP contribution in [0.3, 0.4) is 0 Å². The Morgan fingerprint density at radius 3 is 2.21 bits per heavy atom. The van der Waals surface area contributed by atoms with E-state index in [1.807, 2.05) is 24.7 Å². The van der Waals surface area contributed by atoms with Crippen molar-refractivity contribution in [2.24, 2.45) is 0 Å². The van der Waals surface area contributed by atoms with E-state index in [2.05, 4.69) is 26.6 Å². The average molecular weight is 696 g/mol. The van der Waals surface area contributed by atoms with Gasteiger partial charge in [0.2, 0.25) is 18.9 Å². The fourth-order valence-electron chi connectivity index (χ4n) is 7.12. The van der Waals surface area contributed by atoms with E-state index >= 15 is 0 Å². The minimum atomic E-state index is -3.90. The SMILES string of the molecule is CCCCCCCCCCOc1ccc(S(=O)(=O)c2cnc3ccc([Si](C)O)cc3c2N2CCC(N3CCN(CCO)CC3)CC2)cc1. The molecular formula is C37H55N4O5SSi. The molecule has 5 rings (SSSR count). The standard InChI is InChI=1S/C37H55N4O5SSi/c1-3-4-5-6-7-8-9-10-27-46-31-11-13-32(14-12-31)47(43,44)36-29-38-35-16-15-33(48(2)45)28-34(35)37(36)41-19-17-30(18-20-41)40-23-21-39(22-24-40)25-26-42/h11-16,28-30,42,45H,3-10,17-27H2,1-2H3. The van der Waals surface area contributed by atoms with Crippen LogP contribution in [0.2, 0.25) is 6.55 Å². The highest BCUT2D eigenvalue weighted by molar-refractivity contribution is 7.91. The normalized spacial score (nSPS) is 17.1. The Hall–Kier alpha value is -2.54. The zero-order valence-electron chi connectivity index (χ0n) is 28.9. The van der Waals surface area contributed by atoms with Gasteiger partial charge in [0.15, 0.2) is 0 Å². The van der Waals surface area contributed by atoms with Crippen molar-refractivity contribution in [2.45, 2.75) is 93.5 Å². The zero-order valence-corrected chi connectivity index (χ0v) is 30.8. The van der Waals surface area contributed by atoms with Crippen molar-refractivity contribution < 1.29 is 23.1 Å². The van der Waals surface area contributed by atoms with E-state index in [-0.39, 0.29) is 16.4 Å².